The Kier molecular flexibility index (Phi) is 6.35. The van der Waals surface area contributed by atoms with Gasteiger partial charge in [0, 0.05) is 46.0 Å². The molecule has 2 aromatic rings. The highest BCUT2D eigenvalue weighted by molar-refractivity contribution is 7.88. The fraction of sp³-hybridized carbons (Fsp3) is 0.381. The number of rotatable bonds is 6. The second-order valence-electron chi connectivity index (χ2n) is 7.19. The molecule has 2 aromatic carbocycles. The van der Waals surface area contributed by atoms with Crippen molar-refractivity contribution in [3.05, 3.63) is 65.7 Å². The van der Waals surface area contributed by atoms with Gasteiger partial charge < -0.3 is 4.90 Å². The highest BCUT2D eigenvalue weighted by atomic mass is 32.2. The van der Waals surface area contributed by atoms with Gasteiger partial charge >= 0.3 is 0 Å². The van der Waals surface area contributed by atoms with Gasteiger partial charge in [0.15, 0.2) is 0 Å². The van der Waals surface area contributed by atoms with Crippen molar-refractivity contribution in [2.24, 2.45) is 0 Å². The van der Waals surface area contributed by atoms with E-state index in [0.29, 0.717) is 26.2 Å². The summed E-state index contributed by atoms with van der Waals surface area (Å²) >= 11 is 0. The van der Waals surface area contributed by atoms with Crippen molar-refractivity contribution < 1.29 is 8.42 Å². The summed E-state index contributed by atoms with van der Waals surface area (Å²) in [5.41, 5.74) is 2.81. The van der Waals surface area contributed by atoms with Gasteiger partial charge in [0.2, 0.25) is 10.0 Å². The van der Waals surface area contributed by atoms with Crippen LogP contribution in [0.3, 0.4) is 0 Å². The molecule has 0 amide bonds. The summed E-state index contributed by atoms with van der Waals surface area (Å²) in [6.07, 6.45) is 0. The Morgan fingerprint density at radius 2 is 1.61 bits per heavy atom. The van der Waals surface area contributed by atoms with Gasteiger partial charge in [-0.1, -0.05) is 42.5 Å². The van der Waals surface area contributed by atoms with Crippen molar-refractivity contribution in [2.45, 2.75) is 11.8 Å². The molecule has 3 rings (SSSR count). The molecule has 7 heteroatoms. The minimum atomic E-state index is -3.35. The quantitative estimate of drug-likeness (QED) is 0.748. The van der Waals surface area contributed by atoms with Gasteiger partial charge in [-0.15, -0.1) is 0 Å². The molecule has 0 spiro atoms. The standard InChI is InChI=1S/C21H26N4O2S/c1-23(2)20-10-8-19(9-11-20)21(16-22)24-12-14-25(15-13-24)28(26,27)17-18-6-4-3-5-7-18/h3-11,21H,12-15,17H2,1-2H3. The molecule has 1 fully saturated rings. The summed E-state index contributed by atoms with van der Waals surface area (Å²) in [4.78, 5) is 4.07. The average molecular weight is 399 g/mol. The molecule has 0 aromatic heterocycles. The van der Waals surface area contributed by atoms with Gasteiger partial charge in [-0.3, -0.25) is 4.90 Å². The molecule has 0 N–H and O–H groups in total. The zero-order valence-electron chi connectivity index (χ0n) is 16.3. The van der Waals surface area contributed by atoms with Crippen LogP contribution in [0.25, 0.3) is 0 Å². The van der Waals surface area contributed by atoms with Crippen molar-refractivity contribution in [1.82, 2.24) is 9.21 Å². The molecule has 1 aliphatic rings. The van der Waals surface area contributed by atoms with E-state index in [-0.39, 0.29) is 11.8 Å². The predicted molar refractivity (Wildman–Crippen MR) is 111 cm³/mol. The summed E-state index contributed by atoms with van der Waals surface area (Å²) in [6, 6.07) is 19.2. The first-order valence-corrected chi connectivity index (χ1v) is 10.9. The summed E-state index contributed by atoms with van der Waals surface area (Å²) in [6.45, 7) is 1.90. The number of nitriles is 1. The van der Waals surface area contributed by atoms with Gasteiger partial charge in [-0.2, -0.15) is 9.57 Å². The lowest BCUT2D eigenvalue weighted by Crippen LogP contribution is -2.49. The zero-order valence-corrected chi connectivity index (χ0v) is 17.1. The van der Waals surface area contributed by atoms with Crippen molar-refractivity contribution >= 4 is 15.7 Å². The molecule has 0 bridgehead atoms. The first-order chi connectivity index (χ1) is 13.4. The number of hydrogen-bond donors (Lipinski definition) is 0. The molecule has 148 valence electrons. The number of benzene rings is 2. The summed E-state index contributed by atoms with van der Waals surface area (Å²) < 4.78 is 27.0. The Morgan fingerprint density at radius 3 is 2.14 bits per heavy atom. The van der Waals surface area contributed by atoms with Crippen LogP contribution in [0.1, 0.15) is 17.2 Å². The molecule has 0 aliphatic carbocycles. The van der Waals surface area contributed by atoms with Crippen molar-refractivity contribution in [3.63, 3.8) is 0 Å². The van der Waals surface area contributed by atoms with E-state index in [9.17, 15) is 13.7 Å². The molecule has 6 nitrogen and oxygen atoms in total. The van der Waals surface area contributed by atoms with Gasteiger partial charge in [-0.05, 0) is 23.3 Å². The molecule has 1 heterocycles. The SMILES string of the molecule is CN(C)c1ccc(C(C#N)N2CCN(S(=O)(=O)Cc3ccccc3)CC2)cc1. The smallest absolute Gasteiger partial charge is 0.218 e. The summed E-state index contributed by atoms with van der Waals surface area (Å²) in [5, 5.41) is 9.70. The largest absolute Gasteiger partial charge is 0.378 e. The Morgan fingerprint density at radius 1 is 1.00 bits per heavy atom. The van der Waals surface area contributed by atoms with Crippen LogP contribution in [0, 0.1) is 11.3 Å². The fourth-order valence-electron chi connectivity index (χ4n) is 3.44. The zero-order chi connectivity index (χ0) is 20.1. The van der Waals surface area contributed by atoms with Crippen LogP contribution < -0.4 is 4.90 Å². The molecule has 0 radical (unpaired) electrons. The van der Waals surface area contributed by atoms with Gasteiger partial charge in [-0.25, -0.2) is 8.42 Å². The molecule has 1 saturated heterocycles. The third kappa shape index (κ3) is 4.71. The third-order valence-corrected chi connectivity index (χ3v) is 6.92. The second kappa shape index (κ2) is 8.74. The lowest BCUT2D eigenvalue weighted by molar-refractivity contribution is 0.162. The number of sulfonamides is 1. The molecule has 28 heavy (non-hydrogen) atoms. The van der Waals surface area contributed by atoms with Gasteiger partial charge in [0.1, 0.15) is 6.04 Å². The normalized spacial score (nSPS) is 17.0. The maximum Gasteiger partial charge on any atom is 0.218 e. The van der Waals surface area contributed by atoms with Crippen LogP contribution in [-0.2, 0) is 15.8 Å². The molecule has 1 unspecified atom stereocenters. The molecule has 0 saturated carbocycles. The summed E-state index contributed by atoms with van der Waals surface area (Å²) in [7, 11) is 0.602. The second-order valence-corrected chi connectivity index (χ2v) is 9.16. The number of hydrogen-bond acceptors (Lipinski definition) is 5. The lowest BCUT2D eigenvalue weighted by atomic mass is 10.1. The maximum atomic E-state index is 12.7. The van der Waals surface area contributed by atoms with Gasteiger partial charge in [0.05, 0.1) is 11.8 Å². The number of anilines is 1. The van der Waals surface area contributed by atoms with E-state index in [2.05, 4.69) is 11.0 Å². The molecule has 1 aliphatic heterocycles. The van der Waals surface area contributed by atoms with Crippen molar-refractivity contribution in [3.8, 4) is 6.07 Å². The average Bonchev–Trinajstić information content (AvgIpc) is 2.70. The lowest BCUT2D eigenvalue weighted by Gasteiger charge is -2.36. The van der Waals surface area contributed by atoms with Crippen LogP contribution in [0.15, 0.2) is 54.6 Å². The van der Waals surface area contributed by atoms with E-state index in [4.69, 9.17) is 0 Å². The fourth-order valence-corrected chi connectivity index (χ4v) is 4.95. The monoisotopic (exact) mass is 398 g/mol. The van der Waals surface area contributed by atoms with Crippen molar-refractivity contribution in [1.29, 1.82) is 5.26 Å². The Bertz CT molecular complexity index is 913. The summed E-state index contributed by atoms with van der Waals surface area (Å²) in [5.74, 6) is 0.0154. The first-order valence-electron chi connectivity index (χ1n) is 9.33. The number of piperazine rings is 1. The van der Waals surface area contributed by atoms with Crippen LogP contribution in [0.5, 0.6) is 0 Å². The van der Waals surface area contributed by atoms with E-state index < -0.39 is 10.0 Å². The Balaban J connectivity index is 1.64. The van der Waals surface area contributed by atoms with E-state index in [1.54, 1.807) is 4.31 Å². The van der Waals surface area contributed by atoms with Crippen LogP contribution in [-0.4, -0.2) is 57.9 Å². The molecule has 1 atom stereocenters. The van der Waals surface area contributed by atoms with Crippen LogP contribution in [0.2, 0.25) is 0 Å². The van der Waals surface area contributed by atoms with E-state index in [1.807, 2.05) is 73.6 Å². The van der Waals surface area contributed by atoms with E-state index in [0.717, 1.165) is 16.8 Å². The Hall–Kier alpha value is -2.40. The highest BCUT2D eigenvalue weighted by Gasteiger charge is 2.30. The highest BCUT2D eigenvalue weighted by Crippen LogP contribution is 2.25. The van der Waals surface area contributed by atoms with E-state index in [1.165, 1.54) is 0 Å². The van der Waals surface area contributed by atoms with Crippen LogP contribution >= 0.6 is 0 Å². The minimum absolute atomic E-state index is 0.0154. The third-order valence-electron chi connectivity index (χ3n) is 5.07. The minimum Gasteiger partial charge on any atom is -0.378 e. The molecular weight excluding hydrogens is 372 g/mol. The number of nitrogens with zero attached hydrogens (tertiary/aromatic N) is 4. The van der Waals surface area contributed by atoms with Crippen LogP contribution in [0.4, 0.5) is 5.69 Å². The van der Waals surface area contributed by atoms with Gasteiger partial charge in [0.25, 0.3) is 0 Å². The maximum absolute atomic E-state index is 12.7. The Labute approximate surface area is 167 Å². The molecular formula is C21H26N4O2S. The van der Waals surface area contributed by atoms with Crippen molar-refractivity contribution in [2.75, 3.05) is 45.2 Å². The predicted octanol–water partition coefficient (Wildman–Crippen LogP) is 2.46. The first kappa shape index (κ1) is 20.3. The van der Waals surface area contributed by atoms with E-state index >= 15 is 0 Å². The topological polar surface area (TPSA) is 67.7 Å².